The number of para-hydroxylation sites is 1. The Labute approximate surface area is 179 Å². The average molecular weight is 420 g/mol. The fourth-order valence-electron chi connectivity index (χ4n) is 3.59. The number of nitrogens with zero attached hydrogens (tertiary/aromatic N) is 3. The van der Waals surface area contributed by atoms with Crippen molar-refractivity contribution >= 4 is 17.0 Å². The number of aliphatic hydroxyl groups is 1. The van der Waals surface area contributed by atoms with Crippen molar-refractivity contribution in [3.8, 4) is 17.2 Å². The molecule has 0 bridgehead atoms. The van der Waals surface area contributed by atoms with Crippen LogP contribution in [0.3, 0.4) is 0 Å². The van der Waals surface area contributed by atoms with Gasteiger partial charge in [0.15, 0.2) is 5.58 Å². The highest BCUT2D eigenvalue weighted by Crippen LogP contribution is 2.34. The largest absolute Gasteiger partial charge is 0.497 e. The van der Waals surface area contributed by atoms with E-state index in [-0.39, 0.29) is 11.7 Å². The van der Waals surface area contributed by atoms with E-state index in [1.807, 2.05) is 47.0 Å². The summed E-state index contributed by atoms with van der Waals surface area (Å²) in [4.78, 5) is 20.3. The number of methoxy groups -OCH3 is 1. The Kier molecular flexibility index (Phi) is 5.73. The quantitative estimate of drug-likeness (QED) is 0.450. The first kappa shape index (κ1) is 20.6. The minimum absolute atomic E-state index is 0.186. The second kappa shape index (κ2) is 8.61. The Hall–Kier alpha value is -3.65. The van der Waals surface area contributed by atoms with Gasteiger partial charge in [-0.3, -0.25) is 4.79 Å². The molecule has 160 valence electrons. The number of carbonyl (C=O) groups excluding carboxylic acids is 1. The van der Waals surface area contributed by atoms with Crippen LogP contribution in [0.1, 0.15) is 41.9 Å². The van der Waals surface area contributed by atoms with Crippen molar-refractivity contribution in [3.63, 3.8) is 0 Å². The second-order valence-corrected chi connectivity index (χ2v) is 7.46. The molecule has 31 heavy (non-hydrogen) atoms. The van der Waals surface area contributed by atoms with Crippen LogP contribution >= 0.6 is 0 Å². The van der Waals surface area contributed by atoms with Gasteiger partial charge in [0.1, 0.15) is 17.0 Å². The van der Waals surface area contributed by atoms with Crippen molar-refractivity contribution in [2.75, 3.05) is 7.11 Å². The zero-order valence-electron chi connectivity index (χ0n) is 17.4. The maximum absolute atomic E-state index is 11.5. The van der Waals surface area contributed by atoms with Crippen molar-refractivity contribution in [3.05, 3.63) is 66.2 Å². The third-order valence-electron chi connectivity index (χ3n) is 5.21. The Morgan fingerprint density at radius 1 is 1.23 bits per heavy atom. The van der Waals surface area contributed by atoms with Crippen LogP contribution in [0.4, 0.5) is 0 Å². The highest BCUT2D eigenvalue weighted by atomic mass is 16.5. The third-order valence-corrected chi connectivity index (χ3v) is 5.21. The average Bonchev–Trinajstić information content (AvgIpc) is 3.42. The van der Waals surface area contributed by atoms with E-state index in [0.29, 0.717) is 24.3 Å². The van der Waals surface area contributed by atoms with Gasteiger partial charge >= 0.3 is 0 Å². The molecular formula is C23H24N4O4. The maximum Gasteiger partial charge on any atom is 0.268 e. The predicted molar refractivity (Wildman–Crippen MR) is 116 cm³/mol. The van der Waals surface area contributed by atoms with E-state index in [9.17, 15) is 9.90 Å². The monoisotopic (exact) mass is 420 g/mol. The van der Waals surface area contributed by atoms with Crippen LogP contribution < -0.4 is 10.5 Å². The fourth-order valence-corrected chi connectivity index (χ4v) is 3.59. The van der Waals surface area contributed by atoms with E-state index in [0.717, 1.165) is 22.4 Å². The van der Waals surface area contributed by atoms with Crippen LogP contribution in [0.2, 0.25) is 0 Å². The molecular weight excluding hydrogens is 396 g/mol. The van der Waals surface area contributed by atoms with E-state index in [4.69, 9.17) is 14.9 Å². The summed E-state index contributed by atoms with van der Waals surface area (Å²) in [5, 5.41) is 9.85. The summed E-state index contributed by atoms with van der Waals surface area (Å²) in [5.41, 5.74) is 8.66. The van der Waals surface area contributed by atoms with E-state index < -0.39 is 12.0 Å². The van der Waals surface area contributed by atoms with Crippen LogP contribution in [0.25, 0.3) is 22.6 Å². The molecule has 1 unspecified atom stereocenters. The van der Waals surface area contributed by atoms with Crippen LogP contribution in [0, 0.1) is 0 Å². The van der Waals surface area contributed by atoms with Crippen LogP contribution in [0.15, 0.2) is 59.4 Å². The van der Waals surface area contributed by atoms with Gasteiger partial charge in [0, 0.05) is 17.3 Å². The number of nitrogens with two attached hydrogens (primary N) is 1. The van der Waals surface area contributed by atoms with E-state index >= 15 is 0 Å². The second-order valence-electron chi connectivity index (χ2n) is 7.46. The van der Waals surface area contributed by atoms with Gasteiger partial charge in [-0.2, -0.15) is 0 Å². The maximum atomic E-state index is 11.5. The number of aromatic nitrogens is 3. The molecule has 0 aliphatic rings. The Morgan fingerprint density at radius 3 is 2.65 bits per heavy atom. The number of hydrogen-bond acceptors (Lipinski definition) is 6. The molecule has 0 spiro atoms. The lowest BCUT2D eigenvalue weighted by atomic mass is 9.99. The molecule has 1 amide bonds. The van der Waals surface area contributed by atoms with Gasteiger partial charge in [-0.1, -0.05) is 12.1 Å². The fraction of sp³-hybridized carbons (Fsp3) is 0.261. The van der Waals surface area contributed by atoms with Gasteiger partial charge in [-0.15, -0.1) is 0 Å². The Balaban J connectivity index is 1.77. The molecule has 0 saturated carbocycles. The SMILES string of the molecule is COc1ccc(-c2nc3cccc(C(CC[C@H](C)O)n4cnc(C(N)=O)c4)c3o2)cc1. The first-order chi connectivity index (χ1) is 15.0. The van der Waals surface area contributed by atoms with E-state index in [2.05, 4.69) is 9.97 Å². The zero-order chi connectivity index (χ0) is 22.0. The molecule has 4 aromatic rings. The molecule has 2 aromatic heterocycles. The molecule has 0 aliphatic heterocycles. The Morgan fingerprint density at radius 2 is 2.00 bits per heavy atom. The normalized spacial score (nSPS) is 13.3. The highest BCUT2D eigenvalue weighted by Gasteiger charge is 2.22. The number of rotatable bonds is 8. The van der Waals surface area contributed by atoms with Crippen molar-refractivity contribution in [1.82, 2.24) is 14.5 Å². The van der Waals surface area contributed by atoms with Crippen LogP contribution in [-0.4, -0.2) is 38.8 Å². The van der Waals surface area contributed by atoms with Gasteiger partial charge < -0.3 is 24.6 Å². The number of primary amides is 1. The van der Waals surface area contributed by atoms with Crippen molar-refractivity contribution < 1.29 is 19.1 Å². The molecule has 2 heterocycles. The number of benzene rings is 2. The van der Waals surface area contributed by atoms with E-state index in [1.165, 1.54) is 0 Å². The lowest BCUT2D eigenvalue weighted by Gasteiger charge is -2.19. The third kappa shape index (κ3) is 4.29. The van der Waals surface area contributed by atoms with Crippen molar-refractivity contribution in [1.29, 1.82) is 0 Å². The summed E-state index contributed by atoms with van der Waals surface area (Å²) in [5.74, 6) is 0.666. The smallest absolute Gasteiger partial charge is 0.268 e. The number of fused-ring (bicyclic) bond motifs is 1. The Bertz CT molecular complexity index is 1190. The summed E-state index contributed by atoms with van der Waals surface area (Å²) in [6, 6.07) is 13.0. The molecule has 2 atom stereocenters. The van der Waals surface area contributed by atoms with Crippen LogP contribution in [0.5, 0.6) is 5.75 Å². The highest BCUT2D eigenvalue weighted by molar-refractivity contribution is 5.90. The number of amides is 1. The molecule has 8 nitrogen and oxygen atoms in total. The first-order valence-electron chi connectivity index (χ1n) is 10.0. The standard InChI is InChI=1S/C23H24N4O4/c1-14(28)6-11-20(27-12-19(22(24)29)25-13-27)17-4-3-5-18-21(17)31-23(26-18)15-7-9-16(30-2)10-8-15/h3-5,7-10,12-14,20,28H,6,11H2,1-2H3,(H2,24,29)/t14-,20?/m0/s1. The minimum atomic E-state index is -0.590. The molecule has 0 fully saturated rings. The van der Waals surface area contributed by atoms with Crippen molar-refractivity contribution in [2.45, 2.75) is 31.9 Å². The number of imidazole rings is 1. The predicted octanol–water partition coefficient (Wildman–Crippen LogP) is 3.55. The summed E-state index contributed by atoms with van der Waals surface area (Å²) in [6.07, 6.45) is 3.90. The number of aliphatic hydroxyl groups excluding tert-OH is 1. The van der Waals surface area contributed by atoms with Gasteiger partial charge in [-0.25, -0.2) is 9.97 Å². The summed E-state index contributed by atoms with van der Waals surface area (Å²) in [7, 11) is 1.62. The molecule has 4 rings (SSSR count). The molecule has 8 heteroatoms. The summed E-state index contributed by atoms with van der Waals surface area (Å²) >= 11 is 0. The summed E-state index contributed by atoms with van der Waals surface area (Å²) < 4.78 is 13.2. The molecule has 3 N–H and O–H groups in total. The molecule has 0 aliphatic carbocycles. The lowest BCUT2D eigenvalue weighted by molar-refractivity contribution is 0.0996. The lowest BCUT2D eigenvalue weighted by Crippen LogP contribution is -2.14. The summed E-state index contributed by atoms with van der Waals surface area (Å²) in [6.45, 7) is 1.75. The molecule has 2 aromatic carbocycles. The van der Waals surface area contributed by atoms with Gasteiger partial charge in [0.2, 0.25) is 5.89 Å². The van der Waals surface area contributed by atoms with Gasteiger partial charge in [0.05, 0.1) is 25.6 Å². The van der Waals surface area contributed by atoms with Crippen LogP contribution in [-0.2, 0) is 0 Å². The molecule has 0 radical (unpaired) electrons. The first-order valence-corrected chi connectivity index (χ1v) is 10.0. The van der Waals surface area contributed by atoms with E-state index in [1.54, 1.807) is 26.6 Å². The van der Waals surface area contributed by atoms with Crippen molar-refractivity contribution in [2.24, 2.45) is 5.73 Å². The number of carbonyl (C=O) groups is 1. The van der Waals surface area contributed by atoms with Gasteiger partial charge in [-0.05, 0) is 50.1 Å². The zero-order valence-corrected chi connectivity index (χ0v) is 17.4. The minimum Gasteiger partial charge on any atom is -0.497 e. The number of ether oxygens (including phenoxy) is 1. The number of hydrogen-bond donors (Lipinski definition) is 2. The van der Waals surface area contributed by atoms with Gasteiger partial charge in [0.25, 0.3) is 5.91 Å². The topological polar surface area (TPSA) is 116 Å². The molecule has 0 saturated heterocycles. The number of oxazole rings is 1.